The average molecular weight is 605 g/mol. The van der Waals surface area contributed by atoms with E-state index in [1.54, 1.807) is 12.1 Å². The highest BCUT2D eigenvalue weighted by molar-refractivity contribution is 7.89. The number of fused-ring (bicyclic) bond motifs is 1. The van der Waals surface area contributed by atoms with Crippen LogP contribution in [0.2, 0.25) is 0 Å². The molecule has 1 unspecified atom stereocenters. The number of alkyl carbamates (subject to hydrolysis) is 1. The first-order valence-corrected chi connectivity index (χ1v) is 16.0. The molecule has 2 aromatic carbocycles. The largest absolute Gasteiger partial charge is 0.497 e. The van der Waals surface area contributed by atoms with Crippen molar-refractivity contribution in [2.24, 2.45) is 5.92 Å². The monoisotopic (exact) mass is 604 g/mol. The Morgan fingerprint density at radius 3 is 2.48 bits per heavy atom. The highest BCUT2D eigenvalue weighted by Crippen LogP contribution is 2.32. The summed E-state index contributed by atoms with van der Waals surface area (Å²) in [5, 5.41) is 14.5. The van der Waals surface area contributed by atoms with Gasteiger partial charge < -0.3 is 34.1 Å². The van der Waals surface area contributed by atoms with Crippen molar-refractivity contribution in [3.05, 3.63) is 60.2 Å². The van der Waals surface area contributed by atoms with E-state index in [-0.39, 0.29) is 36.2 Å². The number of hydrogen-bond donors (Lipinski definition) is 3. The van der Waals surface area contributed by atoms with Crippen molar-refractivity contribution < 1.29 is 42.0 Å². The number of carbonyl (C=O) groups is 1. The number of ether oxygens (including phenoxy) is 5. The predicted octanol–water partition coefficient (Wildman–Crippen LogP) is 3.11. The van der Waals surface area contributed by atoms with Crippen LogP contribution in [-0.4, -0.2) is 76.8 Å². The van der Waals surface area contributed by atoms with Crippen LogP contribution in [0.1, 0.15) is 44.1 Å². The molecule has 0 radical (unpaired) electrons. The maximum atomic E-state index is 13.4. The molecule has 2 heterocycles. The summed E-state index contributed by atoms with van der Waals surface area (Å²) < 4.78 is 57.7. The molecule has 3 N–H and O–H groups in total. The van der Waals surface area contributed by atoms with Gasteiger partial charge in [-0.05, 0) is 61.9 Å². The van der Waals surface area contributed by atoms with Crippen LogP contribution in [0.5, 0.6) is 5.75 Å². The maximum absolute atomic E-state index is 13.4. The van der Waals surface area contributed by atoms with Gasteiger partial charge in [0.05, 0.1) is 30.8 Å². The summed E-state index contributed by atoms with van der Waals surface area (Å²) in [5.74, 6) is 0.453. The van der Waals surface area contributed by atoms with Crippen LogP contribution < -0.4 is 14.8 Å². The van der Waals surface area contributed by atoms with Gasteiger partial charge in [0.1, 0.15) is 24.2 Å². The number of carbonyl (C=O) groups excluding carboxylic acids is 1. The third-order valence-electron chi connectivity index (χ3n) is 8.08. The zero-order valence-corrected chi connectivity index (χ0v) is 24.5. The quantitative estimate of drug-likeness (QED) is 0.312. The molecule has 2 saturated heterocycles. The van der Waals surface area contributed by atoms with Crippen LogP contribution in [0.25, 0.3) is 0 Å². The van der Waals surface area contributed by atoms with E-state index >= 15 is 0 Å². The third kappa shape index (κ3) is 7.80. The molecule has 42 heavy (non-hydrogen) atoms. The Labute approximate surface area is 246 Å². The van der Waals surface area contributed by atoms with Crippen LogP contribution in [0, 0.1) is 5.92 Å². The standard InChI is InChI=1S/C30H40N2O9S/c1-37-21-13-15-23(16-14-21)42(35,36)32-28(40-22-10-5-6-11-22)27(33)25(18-20-8-3-2-4-9-20)31-30(34)41-26-19-39-29-24(26)12-7-17-38-29/h2-4,8-9,13-16,22,24-29,32-33H,5-7,10-12,17-19H2,1H3,(H,31,34)/t24-,25+,26-,27-,28?,29+/m1/s1. The predicted molar refractivity (Wildman–Crippen MR) is 152 cm³/mol. The van der Waals surface area contributed by atoms with E-state index in [2.05, 4.69) is 10.0 Å². The van der Waals surface area contributed by atoms with Crippen molar-refractivity contribution in [2.45, 2.75) is 86.7 Å². The van der Waals surface area contributed by atoms with Crippen molar-refractivity contribution in [1.82, 2.24) is 10.0 Å². The zero-order chi connectivity index (χ0) is 29.5. The van der Waals surface area contributed by atoms with Crippen LogP contribution >= 0.6 is 0 Å². The number of rotatable bonds is 12. The van der Waals surface area contributed by atoms with Crippen LogP contribution in [0.3, 0.4) is 0 Å². The third-order valence-corrected chi connectivity index (χ3v) is 9.52. The Bertz CT molecular complexity index is 1260. The fourth-order valence-corrected chi connectivity index (χ4v) is 6.92. The SMILES string of the molecule is COc1ccc(S(=O)(=O)NC(OC2CCCC2)[C@H](O)[C@H](Cc2ccccc2)NC(=O)O[C@@H]2CO[C@@H]3OCCC[C@@H]32)cc1. The average Bonchev–Trinajstić information content (AvgIpc) is 3.67. The lowest BCUT2D eigenvalue weighted by Gasteiger charge is -2.33. The summed E-state index contributed by atoms with van der Waals surface area (Å²) in [7, 11) is -2.61. The van der Waals surface area contributed by atoms with Gasteiger partial charge in [0.15, 0.2) is 6.29 Å². The minimum atomic E-state index is -4.10. The topological polar surface area (TPSA) is 142 Å². The van der Waals surface area contributed by atoms with Gasteiger partial charge in [0.25, 0.3) is 0 Å². The molecule has 6 atom stereocenters. The second-order valence-electron chi connectivity index (χ2n) is 11.0. The number of nitrogens with one attached hydrogen (secondary N) is 2. The van der Waals surface area contributed by atoms with Crippen LogP contribution in [0.15, 0.2) is 59.5 Å². The molecule has 5 rings (SSSR count). The second-order valence-corrected chi connectivity index (χ2v) is 12.7. The second kappa shape index (κ2) is 14.2. The van der Waals surface area contributed by atoms with Gasteiger partial charge >= 0.3 is 6.09 Å². The highest BCUT2D eigenvalue weighted by Gasteiger charge is 2.43. The number of sulfonamides is 1. The normalized spacial score (nSPS) is 24.9. The molecular weight excluding hydrogens is 564 g/mol. The molecule has 11 nitrogen and oxygen atoms in total. The fraction of sp³-hybridized carbons (Fsp3) is 0.567. The molecule has 0 bridgehead atoms. The Balaban J connectivity index is 1.35. The maximum Gasteiger partial charge on any atom is 0.407 e. The van der Waals surface area contributed by atoms with Crippen LogP contribution in [-0.2, 0) is 35.4 Å². The van der Waals surface area contributed by atoms with Gasteiger partial charge in [0, 0.05) is 12.5 Å². The van der Waals surface area contributed by atoms with Crippen molar-refractivity contribution in [3.8, 4) is 5.75 Å². The summed E-state index contributed by atoms with van der Waals surface area (Å²) in [6.45, 7) is 0.837. The first kappa shape index (κ1) is 30.7. The van der Waals surface area contributed by atoms with Gasteiger partial charge in [-0.3, -0.25) is 0 Å². The molecular formula is C30H40N2O9S. The highest BCUT2D eigenvalue weighted by atomic mass is 32.2. The lowest BCUT2D eigenvalue weighted by atomic mass is 9.97. The Kier molecular flexibility index (Phi) is 10.3. The van der Waals surface area contributed by atoms with E-state index in [1.807, 2.05) is 30.3 Å². The number of hydrogen-bond acceptors (Lipinski definition) is 9. The smallest absolute Gasteiger partial charge is 0.407 e. The Hall–Kier alpha value is -2.74. The van der Waals surface area contributed by atoms with Crippen LogP contribution in [0.4, 0.5) is 4.79 Å². The van der Waals surface area contributed by atoms with Gasteiger partial charge in [-0.15, -0.1) is 0 Å². The molecule has 1 saturated carbocycles. The minimum Gasteiger partial charge on any atom is -0.497 e. The van der Waals surface area contributed by atoms with Crippen molar-refractivity contribution >= 4 is 16.1 Å². The van der Waals surface area contributed by atoms with E-state index in [0.717, 1.165) is 44.1 Å². The number of amides is 1. The molecule has 3 aliphatic rings. The lowest BCUT2D eigenvalue weighted by molar-refractivity contribution is -0.152. The first-order chi connectivity index (χ1) is 20.3. The van der Waals surface area contributed by atoms with E-state index in [0.29, 0.717) is 12.4 Å². The van der Waals surface area contributed by atoms with Gasteiger partial charge in [-0.25, -0.2) is 13.2 Å². The fourth-order valence-electron chi connectivity index (χ4n) is 5.79. The zero-order valence-electron chi connectivity index (χ0n) is 23.7. The number of benzene rings is 2. The van der Waals surface area contributed by atoms with E-state index < -0.39 is 40.6 Å². The summed E-state index contributed by atoms with van der Waals surface area (Å²) in [4.78, 5) is 13.2. The molecule has 3 fully saturated rings. The van der Waals surface area contributed by atoms with Gasteiger partial charge in [-0.2, -0.15) is 4.72 Å². The Morgan fingerprint density at radius 1 is 1.02 bits per heavy atom. The van der Waals surface area contributed by atoms with E-state index in [1.165, 1.54) is 19.2 Å². The minimum absolute atomic E-state index is 0.00649. The molecule has 1 aliphatic carbocycles. The number of methoxy groups -OCH3 is 1. The molecule has 2 aliphatic heterocycles. The van der Waals surface area contributed by atoms with Crippen molar-refractivity contribution in [2.75, 3.05) is 20.3 Å². The molecule has 1 amide bonds. The Morgan fingerprint density at radius 2 is 1.76 bits per heavy atom. The van der Waals surface area contributed by atoms with Gasteiger partial charge in [0.2, 0.25) is 10.0 Å². The first-order valence-electron chi connectivity index (χ1n) is 14.6. The molecule has 0 spiro atoms. The molecule has 230 valence electrons. The lowest BCUT2D eigenvalue weighted by Crippen LogP contribution is -2.57. The van der Waals surface area contributed by atoms with Crippen molar-refractivity contribution in [1.29, 1.82) is 0 Å². The summed E-state index contributed by atoms with van der Waals surface area (Å²) >= 11 is 0. The van der Waals surface area contributed by atoms with Crippen molar-refractivity contribution in [3.63, 3.8) is 0 Å². The summed E-state index contributed by atoms with van der Waals surface area (Å²) in [5.41, 5.74) is 0.837. The number of aliphatic hydroxyl groups is 1. The summed E-state index contributed by atoms with van der Waals surface area (Å²) in [6, 6.07) is 14.3. The van der Waals surface area contributed by atoms with E-state index in [4.69, 9.17) is 23.7 Å². The number of aliphatic hydroxyl groups excluding tert-OH is 1. The van der Waals surface area contributed by atoms with E-state index in [9.17, 15) is 18.3 Å². The van der Waals surface area contributed by atoms with Gasteiger partial charge in [-0.1, -0.05) is 43.2 Å². The molecule has 0 aromatic heterocycles. The molecule has 12 heteroatoms. The molecule has 2 aromatic rings. The summed E-state index contributed by atoms with van der Waals surface area (Å²) in [6.07, 6.45) is 0.676.